The number of anilines is 1. The lowest BCUT2D eigenvalue weighted by atomic mass is 9.71. The van der Waals surface area contributed by atoms with E-state index < -0.39 is 68.1 Å². The maximum atomic E-state index is 14.7. The number of nitrogens with one attached hydrogen (secondary N) is 1. The molecule has 0 unspecified atom stereocenters. The minimum absolute atomic E-state index is 0.223. The van der Waals surface area contributed by atoms with Crippen LogP contribution in [0.15, 0.2) is 12.1 Å². The second kappa shape index (κ2) is 6.80. The van der Waals surface area contributed by atoms with Crippen LogP contribution in [-0.4, -0.2) is 46.1 Å². The van der Waals surface area contributed by atoms with E-state index in [1.165, 1.54) is 0 Å². The first-order valence-corrected chi connectivity index (χ1v) is 7.82. The Balaban J connectivity index is 2.75. The Morgan fingerprint density at radius 2 is 1.31 bits per heavy atom. The fraction of sp³-hybridized carbons (Fsp3) is 0.429. The number of halogens is 12. The number of alkyl halides is 11. The molecule has 0 heterocycles. The molecule has 32 heavy (non-hydrogen) atoms. The highest BCUT2D eigenvalue weighted by Gasteiger charge is 3.02. The van der Waals surface area contributed by atoms with Crippen LogP contribution in [-0.2, 0) is 4.79 Å². The molecule has 1 saturated carbocycles. The number of carbonyl (C=O) groups excluding carboxylic acids is 1. The summed E-state index contributed by atoms with van der Waals surface area (Å²) in [5.41, 5.74) is -10.7. The highest BCUT2D eigenvalue weighted by atomic mass is 35.5. The van der Waals surface area contributed by atoms with Gasteiger partial charge in [-0.1, -0.05) is 11.6 Å². The van der Waals surface area contributed by atoms with Crippen molar-refractivity contribution in [1.29, 1.82) is 5.26 Å². The van der Waals surface area contributed by atoms with Gasteiger partial charge in [0.05, 0.1) is 21.2 Å². The third-order valence-electron chi connectivity index (χ3n) is 4.40. The van der Waals surface area contributed by atoms with Gasteiger partial charge in [-0.25, -0.2) is 4.39 Å². The summed E-state index contributed by atoms with van der Waals surface area (Å²) in [7, 11) is 0. The van der Waals surface area contributed by atoms with E-state index in [0.717, 1.165) is 6.07 Å². The summed E-state index contributed by atoms with van der Waals surface area (Å²) in [5.74, 6) is -41.2. The highest BCUT2D eigenvalue weighted by molar-refractivity contribution is 6.34. The molecule has 1 aliphatic rings. The third kappa shape index (κ3) is 2.67. The first kappa shape index (κ1) is 25.4. The Morgan fingerprint density at radius 1 is 0.906 bits per heavy atom. The van der Waals surface area contributed by atoms with E-state index in [-0.39, 0.29) is 12.1 Å². The molecule has 1 aromatic carbocycles. The molecule has 0 atom stereocenters. The minimum atomic E-state index is -7.52. The molecule has 0 radical (unpaired) electrons. The number of carbonyl (C=O) groups is 1. The molecule has 0 saturated heterocycles. The largest absolute Gasteiger partial charge is 0.384 e. The molecular weight excluding hydrogens is 503 g/mol. The quantitative estimate of drug-likeness (QED) is 0.357. The second-order valence-electron chi connectivity index (χ2n) is 6.20. The zero-order valence-corrected chi connectivity index (χ0v) is 15.1. The average Bonchev–Trinajstić information content (AvgIpc) is 2.66. The number of nitrogens with zero attached hydrogens (tertiary/aromatic N) is 2. The van der Waals surface area contributed by atoms with E-state index in [0.29, 0.717) is 5.32 Å². The van der Waals surface area contributed by atoms with Crippen molar-refractivity contribution in [2.75, 3.05) is 5.32 Å². The number of non-ortho nitro benzene ring substituents is 1. The van der Waals surface area contributed by atoms with Gasteiger partial charge in [-0.3, -0.25) is 14.9 Å². The van der Waals surface area contributed by atoms with Crippen molar-refractivity contribution < 1.29 is 58.0 Å². The Hall–Kier alpha value is -2.90. The summed E-state index contributed by atoms with van der Waals surface area (Å²) in [6.07, 6.45) is 0. The molecule has 0 bridgehead atoms. The van der Waals surface area contributed by atoms with E-state index in [1.54, 1.807) is 0 Å². The molecule has 1 amide bonds. The number of hydrogen-bond acceptors (Lipinski definition) is 4. The number of amides is 1. The van der Waals surface area contributed by atoms with Gasteiger partial charge in [-0.2, -0.15) is 49.2 Å². The van der Waals surface area contributed by atoms with Crippen LogP contribution in [0.3, 0.4) is 0 Å². The van der Waals surface area contributed by atoms with Crippen molar-refractivity contribution in [1.82, 2.24) is 0 Å². The zero-order valence-electron chi connectivity index (χ0n) is 14.3. The predicted molar refractivity (Wildman–Crippen MR) is 80.0 cm³/mol. The number of nitriles is 1. The highest BCUT2D eigenvalue weighted by Crippen LogP contribution is 2.69. The van der Waals surface area contributed by atoms with E-state index in [4.69, 9.17) is 16.9 Å². The van der Waals surface area contributed by atoms with Gasteiger partial charge < -0.3 is 5.32 Å². The zero-order chi connectivity index (χ0) is 25.3. The maximum Gasteiger partial charge on any atom is 0.384 e. The van der Waals surface area contributed by atoms with Crippen LogP contribution in [0, 0.1) is 21.4 Å². The summed E-state index contributed by atoms with van der Waals surface area (Å²) in [4.78, 5) is 21.4. The summed E-state index contributed by atoms with van der Waals surface area (Å²) in [6.45, 7) is 0. The lowest BCUT2D eigenvalue weighted by molar-refractivity contribution is -0.475. The molecule has 176 valence electrons. The number of hydrogen-bond donors (Lipinski definition) is 1. The number of nitro benzene ring substituents is 1. The molecular formula is C14H3ClF11N3O3. The Bertz CT molecular complexity index is 1020. The standard InChI is InChI=1S/C14H3ClF11N3O3/c15-6-2-5(29(31)32)1-4(3-27)7(6)28-8(30)9(16)10(17,18)12(21,22)14(25,26)13(23,24)11(9,19)20/h1-2H,(H,28,30). The summed E-state index contributed by atoms with van der Waals surface area (Å²) >= 11 is 5.40. The summed E-state index contributed by atoms with van der Waals surface area (Å²) < 4.78 is 151. The summed E-state index contributed by atoms with van der Waals surface area (Å²) in [6, 6.07) is 1.49. The van der Waals surface area contributed by atoms with Gasteiger partial charge in [-0.05, 0) is 0 Å². The maximum absolute atomic E-state index is 14.7. The van der Waals surface area contributed by atoms with Gasteiger partial charge in [0, 0.05) is 12.1 Å². The summed E-state index contributed by atoms with van der Waals surface area (Å²) in [5, 5.41) is 19.0. The van der Waals surface area contributed by atoms with E-state index in [1.807, 2.05) is 0 Å². The SMILES string of the molecule is N#Cc1cc([N+](=O)[O-])cc(Cl)c1NC(=O)C1(F)C(F)(F)C(F)(F)C(F)(F)C(F)(F)C1(F)F. The average molecular weight is 506 g/mol. The van der Waals surface area contributed by atoms with Gasteiger partial charge in [-0.15, -0.1) is 0 Å². The third-order valence-corrected chi connectivity index (χ3v) is 4.70. The van der Waals surface area contributed by atoms with Crippen LogP contribution >= 0.6 is 11.6 Å². The number of benzene rings is 1. The normalized spacial score (nSPS) is 23.6. The molecule has 0 aromatic heterocycles. The van der Waals surface area contributed by atoms with Gasteiger partial charge in [0.25, 0.3) is 11.6 Å². The van der Waals surface area contributed by atoms with E-state index >= 15 is 0 Å². The molecule has 18 heteroatoms. The van der Waals surface area contributed by atoms with Crippen LogP contribution in [0.4, 0.5) is 59.7 Å². The molecule has 0 aliphatic heterocycles. The van der Waals surface area contributed by atoms with Crippen molar-refractivity contribution in [3.8, 4) is 6.07 Å². The van der Waals surface area contributed by atoms with Crippen LogP contribution in [0.5, 0.6) is 0 Å². The van der Waals surface area contributed by atoms with Crippen molar-refractivity contribution >= 4 is 28.9 Å². The Labute approximate surface area is 172 Å². The fourth-order valence-corrected chi connectivity index (χ4v) is 2.88. The molecule has 0 spiro atoms. The van der Waals surface area contributed by atoms with Gasteiger partial charge in [0.2, 0.25) is 0 Å². The van der Waals surface area contributed by atoms with Crippen molar-refractivity contribution in [2.45, 2.75) is 35.3 Å². The van der Waals surface area contributed by atoms with Gasteiger partial charge in [0.1, 0.15) is 6.07 Å². The first-order valence-electron chi connectivity index (χ1n) is 7.44. The molecule has 6 nitrogen and oxygen atoms in total. The fourth-order valence-electron chi connectivity index (χ4n) is 2.62. The predicted octanol–water partition coefficient (Wildman–Crippen LogP) is 4.96. The van der Waals surface area contributed by atoms with Crippen molar-refractivity contribution in [2.24, 2.45) is 0 Å². The molecule has 1 aromatic rings. The van der Waals surface area contributed by atoms with Crippen LogP contribution in [0.2, 0.25) is 5.02 Å². The van der Waals surface area contributed by atoms with Crippen LogP contribution in [0.1, 0.15) is 5.56 Å². The first-order chi connectivity index (χ1) is 14.2. The molecule has 1 N–H and O–H groups in total. The second-order valence-corrected chi connectivity index (χ2v) is 6.61. The monoisotopic (exact) mass is 505 g/mol. The lowest BCUT2D eigenvalue weighted by Crippen LogP contribution is -2.86. The smallest absolute Gasteiger partial charge is 0.320 e. The van der Waals surface area contributed by atoms with Crippen LogP contribution < -0.4 is 5.32 Å². The topological polar surface area (TPSA) is 96.0 Å². The van der Waals surface area contributed by atoms with Gasteiger partial charge in [0.15, 0.2) is 0 Å². The minimum Gasteiger partial charge on any atom is -0.320 e. The van der Waals surface area contributed by atoms with E-state index in [2.05, 4.69) is 0 Å². The number of nitro groups is 1. The van der Waals surface area contributed by atoms with Crippen molar-refractivity contribution in [3.05, 3.63) is 32.8 Å². The Morgan fingerprint density at radius 3 is 1.69 bits per heavy atom. The van der Waals surface area contributed by atoms with Crippen molar-refractivity contribution in [3.63, 3.8) is 0 Å². The Kier molecular flexibility index (Phi) is 5.39. The lowest BCUT2D eigenvalue weighted by Gasteiger charge is -2.51. The van der Waals surface area contributed by atoms with Gasteiger partial charge >= 0.3 is 35.3 Å². The van der Waals surface area contributed by atoms with Crippen LogP contribution in [0.25, 0.3) is 0 Å². The van der Waals surface area contributed by atoms with E-state index in [9.17, 15) is 63.2 Å². The molecule has 1 fully saturated rings. The number of rotatable bonds is 3. The molecule has 1 aliphatic carbocycles. The molecule has 2 rings (SSSR count).